The third-order valence-corrected chi connectivity index (χ3v) is 5.11. The lowest BCUT2D eigenvalue weighted by Gasteiger charge is -2.26. The van der Waals surface area contributed by atoms with Gasteiger partial charge in [0.05, 0.1) is 0 Å². The number of nitrogens with one attached hydrogen (secondary N) is 1. The van der Waals surface area contributed by atoms with Crippen molar-refractivity contribution < 1.29 is 12.8 Å². The van der Waals surface area contributed by atoms with Crippen LogP contribution in [0.15, 0.2) is 27.6 Å². The first-order valence-electron chi connectivity index (χ1n) is 5.97. The summed E-state index contributed by atoms with van der Waals surface area (Å²) in [4.78, 5) is -0.378. The van der Waals surface area contributed by atoms with Gasteiger partial charge in [0.2, 0.25) is 10.0 Å². The third-order valence-electron chi connectivity index (χ3n) is 3.21. The normalized spacial score (nSPS) is 12.1. The zero-order valence-electron chi connectivity index (χ0n) is 11.3. The van der Waals surface area contributed by atoms with Crippen LogP contribution in [-0.2, 0) is 10.0 Å². The molecule has 0 fully saturated rings. The second-order valence-electron chi connectivity index (χ2n) is 4.47. The van der Waals surface area contributed by atoms with E-state index in [0.717, 1.165) is 6.07 Å². The lowest BCUT2D eigenvalue weighted by Crippen LogP contribution is -2.49. The van der Waals surface area contributed by atoms with Gasteiger partial charge in [-0.05, 0) is 31.0 Å². The summed E-state index contributed by atoms with van der Waals surface area (Å²) in [5.74, 6) is -0.786. The van der Waals surface area contributed by atoms with E-state index in [2.05, 4.69) is 20.7 Å². The highest BCUT2D eigenvalue weighted by atomic mass is 79.9. The smallest absolute Gasteiger partial charge is 0.243 e. The molecule has 1 aromatic rings. The number of nitrogens with two attached hydrogens (primary N) is 1. The molecule has 116 valence electrons. The van der Waals surface area contributed by atoms with Crippen LogP contribution >= 0.6 is 28.3 Å². The van der Waals surface area contributed by atoms with Crippen molar-refractivity contribution >= 4 is 38.4 Å². The van der Waals surface area contributed by atoms with E-state index in [9.17, 15) is 12.8 Å². The minimum atomic E-state index is -3.90. The Morgan fingerprint density at radius 3 is 2.40 bits per heavy atom. The van der Waals surface area contributed by atoms with E-state index in [1.165, 1.54) is 12.1 Å². The molecule has 0 unspecified atom stereocenters. The number of sulfonamides is 1. The topological polar surface area (TPSA) is 72.2 Å². The van der Waals surface area contributed by atoms with Crippen LogP contribution < -0.4 is 10.5 Å². The summed E-state index contributed by atoms with van der Waals surface area (Å²) >= 11 is 3.12. The summed E-state index contributed by atoms with van der Waals surface area (Å²) in [5.41, 5.74) is 5.40. The van der Waals surface area contributed by atoms with E-state index in [-0.39, 0.29) is 23.8 Å². The first-order chi connectivity index (χ1) is 8.74. The van der Waals surface area contributed by atoms with Gasteiger partial charge in [-0.3, -0.25) is 0 Å². The third kappa shape index (κ3) is 4.96. The molecule has 0 heterocycles. The average molecular weight is 390 g/mol. The number of hydrogen-bond donors (Lipinski definition) is 2. The average Bonchev–Trinajstić information content (AvgIpc) is 2.39. The summed E-state index contributed by atoms with van der Waals surface area (Å²) < 4.78 is 40.6. The number of benzene rings is 1. The first kappa shape index (κ1) is 19.8. The number of hydrogen-bond acceptors (Lipinski definition) is 3. The molecule has 4 nitrogen and oxygen atoms in total. The van der Waals surface area contributed by atoms with Crippen LogP contribution in [0.5, 0.6) is 0 Å². The summed E-state index contributed by atoms with van der Waals surface area (Å²) in [5, 5.41) is 0. The van der Waals surface area contributed by atoms with Crippen molar-refractivity contribution in [1.82, 2.24) is 4.72 Å². The van der Waals surface area contributed by atoms with E-state index < -0.39 is 21.4 Å². The summed E-state index contributed by atoms with van der Waals surface area (Å²) in [6.07, 6.45) is 1.26. The monoisotopic (exact) mass is 388 g/mol. The van der Waals surface area contributed by atoms with E-state index >= 15 is 0 Å². The molecular formula is C12H19BrClFN2O2S. The van der Waals surface area contributed by atoms with Gasteiger partial charge in [-0.2, -0.15) is 0 Å². The second kappa shape index (κ2) is 7.70. The van der Waals surface area contributed by atoms with E-state index in [1.807, 2.05) is 13.8 Å². The van der Waals surface area contributed by atoms with Crippen molar-refractivity contribution in [3.8, 4) is 0 Å². The molecule has 0 atom stereocenters. The molecule has 0 amide bonds. The Kier molecular flexibility index (Phi) is 7.62. The fourth-order valence-corrected chi connectivity index (χ4v) is 3.25. The van der Waals surface area contributed by atoms with E-state index in [0.29, 0.717) is 17.3 Å². The van der Waals surface area contributed by atoms with E-state index in [1.54, 1.807) is 0 Å². The minimum Gasteiger partial charge on any atom is -0.324 e. The number of rotatable bonds is 6. The fraction of sp³-hybridized carbons (Fsp3) is 0.500. The minimum absolute atomic E-state index is 0. The Hall–Kier alpha value is -0.210. The molecule has 0 saturated carbocycles. The molecule has 0 saturated heterocycles. The fourth-order valence-electron chi connectivity index (χ4n) is 1.50. The molecule has 0 radical (unpaired) electrons. The molecule has 0 spiro atoms. The van der Waals surface area contributed by atoms with Crippen molar-refractivity contribution in [3.05, 3.63) is 28.5 Å². The van der Waals surface area contributed by atoms with Gasteiger partial charge in [0, 0.05) is 16.6 Å². The van der Waals surface area contributed by atoms with Crippen LogP contribution in [0.4, 0.5) is 4.39 Å². The Balaban J connectivity index is 0.00000361. The van der Waals surface area contributed by atoms with Gasteiger partial charge in [0.15, 0.2) is 0 Å². The molecule has 1 aromatic carbocycles. The largest absolute Gasteiger partial charge is 0.324 e. The number of halogens is 3. The van der Waals surface area contributed by atoms with Crippen LogP contribution in [0.3, 0.4) is 0 Å². The maximum absolute atomic E-state index is 13.6. The highest BCUT2D eigenvalue weighted by Crippen LogP contribution is 2.20. The summed E-state index contributed by atoms with van der Waals surface area (Å²) in [6.45, 7) is 3.85. The Morgan fingerprint density at radius 1 is 1.35 bits per heavy atom. The second-order valence-corrected chi connectivity index (χ2v) is 7.12. The Morgan fingerprint density at radius 2 is 1.90 bits per heavy atom. The van der Waals surface area contributed by atoms with Crippen LogP contribution in [-0.4, -0.2) is 20.5 Å². The molecule has 0 bridgehead atoms. The van der Waals surface area contributed by atoms with Crippen molar-refractivity contribution in [1.29, 1.82) is 0 Å². The van der Waals surface area contributed by atoms with Crippen LogP contribution in [0.1, 0.15) is 26.7 Å². The zero-order valence-corrected chi connectivity index (χ0v) is 14.5. The van der Waals surface area contributed by atoms with Gasteiger partial charge < -0.3 is 5.73 Å². The van der Waals surface area contributed by atoms with Gasteiger partial charge in [-0.25, -0.2) is 17.5 Å². The maximum Gasteiger partial charge on any atom is 0.243 e. The van der Waals surface area contributed by atoms with Gasteiger partial charge in [-0.15, -0.1) is 12.4 Å². The molecule has 3 N–H and O–H groups in total. The molecule has 0 aromatic heterocycles. The predicted molar refractivity (Wildman–Crippen MR) is 84.0 cm³/mol. The van der Waals surface area contributed by atoms with Crippen LogP contribution in [0.25, 0.3) is 0 Å². The quantitative estimate of drug-likeness (QED) is 0.786. The molecule has 1 rings (SSSR count). The van der Waals surface area contributed by atoms with Crippen molar-refractivity contribution in [2.75, 3.05) is 6.54 Å². The van der Waals surface area contributed by atoms with Crippen molar-refractivity contribution in [2.24, 2.45) is 5.73 Å². The van der Waals surface area contributed by atoms with Crippen LogP contribution in [0, 0.1) is 5.82 Å². The molecular weight excluding hydrogens is 371 g/mol. The predicted octanol–water partition coefficient (Wildman–Crippen LogP) is 2.81. The van der Waals surface area contributed by atoms with Gasteiger partial charge in [0.1, 0.15) is 10.7 Å². The summed E-state index contributed by atoms with van der Waals surface area (Å²) in [7, 11) is -3.90. The van der Waals surface area contributed by atoms with Crippen molar-refractivity contribution in [3.63, 3.8) is 0 Å². The van der Waals surface area contributed by atoms with Gasteiger partial charge >= 0.3 is 0 Å². The molecule has 0 aliphatic carbocycles. The molecule has 8 heteroatoms. The van der Waals surface area contributed by atoms with Crippen LogP contribution in [0.2, 0.25) is 0 Å². The highest BCUT2D eigenvalue weighted by molar-refractivity contribution is 9.10. The SMILES string of the molecule is CCC(N)(CC)CNS(=O)(=O)c1cc(Br)ccc1F.Cl. The van der Waals surface area contributed by atoms with Gasteiger partial charge in [-0.1, -0.05) is 29.8 Å². The Bertz CT molecular complexity index is 550. The molecule has 0 aliphatic heterocycles. The standard InChI is InChI=1S/C12H18BrFN2O2S.ClH/c1-3-12(15,4-2)8-16-19(17,18)11-7-9(13)5-6-10(11)14;/h5-7,16H,3-4,8,15H2,1-2H3;1H. The van der Waals surface area contributed by atoms with E-state index in [4.69, 9.17) is 5.73 Å². The van der Waals surface area contributed by atoms with Gasteiger partial charge in [0.25, 0.3) is 0 Å². The Labute approximate surface area is 133 Å². The highest BCUT2D eigenvalue weighted by Gasteiger charge is 2.25. The summed E-state index contributed by atoms with van der Waals surface area (Å²) in [6, 6.07) is 3.78. The maximum atomic E-state index is 13.6. The van der Waals surface area contributed by atoms with Crippen molar-refractivity contribution in [2.45, 2.75) is 37.1 Å². The zero-order chi connectivity index (χ0) is 14.7. The first-order valence-corrected chi connectivity index (χ1v) is 8.25. The lowest BCUT2D eigenvalue weighted by atomic mass is 9.95. The molecule has 0 aliphatic rings. The molecule has 20 heavy (non-hydrogen) atoms. The lowest BCUT2D eigenvalue weighted by molar-refractivity contribution is 0.391.